The van der Waals surface area contributed by atoms with Crippen LogP contribution in [0.3, 0.4) is 0 Å². The molecule has 0 aromatic heterocycles. The highest BCUT2D eigenvalue weighted by molar-refractivity contribution is 9.42. The first-order valence-electron chi connectivity index (χ1n) is 3.28. The fourth-order valence-electron chi connectivity index (χ4n) is 0.721. The molecule has 0 fully saturated rings. The zero-order valence-electron chi connectivity index (χ0n) is 7.07. The minimum absolute atomic E-state index is 0.956. The molecule has 12 heteroatoms. The molecular weight excluding hydrogens is 955 g/mol. The Kier molecular flexibility index (Phi) is 9.17. The maximum absolute atomic E-state index is 13.0. The number of halogens is 11. The molecule has 0 aliphatic rings. The van der Waals surface area contributed by atoms with Crippen molar-refractivity contribution in [1.29, 1.82) is 0 Å². The zero-order valence-corrected chi connectivity index (χ0v) is 24.5. The van der Waals surface area contributed by atoms with Crippen molar-refractivity contribution in [1.82, 2.24) is 0 Å². The van der Waals surface area contributed by atoms with Crippen LogP contribution in [0.5, 0.6) is 0 Å². The van der Waals surface area contributed by atoms with Gasteiger partial charge in [-0.25, -0.2) is 5.11 Å². The second-order valence-corrected chi connectivity index (χ2v) is 25.3. The average Bonchev–Trinajstić information content (AvgIpc) is 1.95. The smallest absolute Gasteiger partial charge is 0.212 e. The van der Waals surface area contributed by atoms with E-state index in [4.69, 9.17) is 0 Å². The van der Waals surface area contributed by atoms with Gasteiger partial charge in [0.15, 0.2) is 6.43 Å². The molecule has 0 aliphatic heterocycles. The quantitative estimate of drug-likeness (QED) is 0.237. The van der Waals surface area contributed by atoms with Gasteiger partial charge >= 0.3 is 0 Å². The van der Waals surface area contributed by atoms with Crippen molar-refractivity contribution in [2.75, 3.05) is 0 Å². The van der Waals surface area contributed by atoms with Gasteiger partial charge in [-0.3, -0.25) is 0 Å². The van der Waals surface area contributed by atoms with Crippen LogP contribution in [-0.2, 0) is 5.11 Å². The van der Waals surface area contributed by atoms with Crippen molar-refractivity contribution in [3.8, 4) is 0 Å². The molecule has 1 unspecified atom stereocenters. The average molecular weight is 955 g/mol. The van der Waals surface area contributed by atoms with Gasteiger partial charge in [0.05, 0.1) is 0 Å². The number of hydrogen-bond acceptors (Lipinski definition) is 0. The minimum atomic E-state index is -1.79. The Morgan fingerprint density at radius 2 is 0.706 bits per heavy atom. The third kappa shape index (κ3) is 4.62. The third-order valence-electron chi connectivity index (χ3n) is 1.59. The van der Waals surface area contributed by atoms with Gasteiger partial charge in [0, 0.05) is 0 Å². The molecule has 0 rings (SSSR count). The Bertz CT molecular complexity index is 266. The molecule has 1 atom stereocenters. The van der Waals surface area contributed by atoms with Gasteiger partial charge in [-0.1, -0.05) is 159 Å². The second-order valence-electron chi connectivity index (χ2n) is 2.75. The van der Waals surface area contributed by atoms with E-state index in [1.807, 2.05) is 0 Å². The van der Waals surface area contributed by atoms with E-state index in [-0.39, 0.29) is 0 Å². The van der Waals surface area contributed by atoms with Crippen LogP contribution in [0.25, 0.3) is 0 Å². The molecule has 0 amide bonds. The van der Waals surface area contributed by atoms with Crippen molar-refractivity contribution < 1.29 is 5.11 Å². The number of rotatable bonds is 1. The topological polar surface area (TPSA) is 19.9 Å². The molecule has 103 valence electrons. The Morgan fingerprint density at radius 3 is 0.765 bits per heavy atom. The van der Waals surface area contributed by atoms with E-state index < -0.39 is 15.3 Å². The molecule has 17 heavy (non-hydrogen) atoms. The fraction of sp³-hybridized carbons (Fsp3) is 1.00. The Labute approximate surface area is 192 Å². The van der Waals surface area contributed by atoms with Crippen LogP contribution in [-0.4, -0.2) is 15.3 Å². The van der Waals surface area contributed by atoms with Crippen LogP contribution < -0.4 is 0 Å². The van der Waals surface area contributed by atoms with Gasteiger partial charge in [0.25, 0.3) is 0 Å². The molecule has 1 radical (unpaired) electrons. The Morgan fingerprint density at radius 1 is 0.471 bits per heavy atom. The lowest BCUT2D eigenvalue weighted by Crippen LogP contribution is -2.64. The van der Waals surface area contributed by atoms with E-state index >= 15 is 0 Å². The summed E-state index contributed by atoms with van der Waals surface area (Å²) < 4.78 is -6.05. The van der Waals surface area contributed by atoms with E-state index in [1.165, 1.54) is 0 Å². The lowest BCUT2D eigenvalue weighted by atomic mass is 10.1. The standard InChI is InChI=1S/C5Br11O/c6-1(3(8,9)10,4(11,12)13)2(7,17)5(14,15)16. The van der Waals surface area contributed by atoms with Gasteiger partial charge in [0.1, 0.15) is 4.32 Å². The number of alkyl halides is 11. The SMILES string of the molecule is [O]C(Br)(C(Br)(Br)Br)C(Br)(C(Br)(Br)Br)C(Br)(Br)Br. The van der Waals surface area contributed by atoms with Crippen LogP contribution in [0.2, 0.25) is 0 Å². The lowest BCUT2D eigenvalue weighted by Gasteiger charge is -2.50. The zero-order chi connectivity index (χ0) is 14.5. The first-order chi connectivity index (χ1) is 7.00. The Balaban J connectivity index is 6.04. The monoisotopic (exact) mass is 944 g/mol. The van der Waals surface area contributed by atoms with E-state index in [2.05, 4.69) is 175 Å². The molecule has 0 saturated heterocycles. The summed E-state index contributed by atoms with van der Waals surface area (Å²) in [7, 11) is 0. The van der Waals surface area contributed by atoms with Crippen molar-refractivity contribution in [2.45, 2.75) is 15.3 Å². The van der Waals surface area contributed by atoms with E-state index in [0.717, 1.165) is 0 Å². The van der Waals surface area contributed by atoms with Crippen LogP contribution in [0.4, 0.5) is 0 Å². The maximum atomic E-state index is 13.0. The van der Waals surface area contributed by atoms with Gasteiger partial charge in [-0.2, -0.15) is 0 Å². The Hall–Kier alpha value is 5.24. The van der Waals surface area contributed by atoms with E-state index in [0.29, 0.717) is 0 Å². The molecule has 0 aliphatic carbocycles. The minimum Gasteiger partial charge on any atom is -0.212 e. The molecule has 1 nitrogen and oxygen atoms in total. The molecular formula is C5Br11O. The van der Waals surface area contributed by atoms with Gasteiger partial charge in [-0.05, 0) is 15.9 Å². The first kappa shape index (κ1) is 22.2. The summed E-state index contributed by atoms with van der Waals surface area (Å²) in [6, 6.07) is 0. The molecule has 0 heterocycles. The summed E-state index contributed by atoms with van der Waals surface area (Å²) in [5.74, 6) is 0. The lowest BCUT2D eigenvalue weighted by molar-refractivity contribution is 0.0478. The molecule has 0 saturated carbocycles. The third-order valence-corrected chi connectivity index (χ3v) is 15.1. The predicted octanol–water partition coefficient (Wildman–Crippen LogP) is 8.16. The van der Waals surface area contributed by atoms with Gasteiger partial charge in [0.2, 0.25) is 4.51 Å². The van der Waals surface area contributed by atoms with Crippen LogP contribution in [0.1, 0.15) is 0 Å². The molecule has 0 spiro atoms. The van der Waals surface area contributed by atoms with Gasteiger partial charge < -0.3 is 0 Å². The van der Waals surface area contributed by atoms with Crippen LogP contribution >= 0.6 is 175 Å². The highest BCUT2D eigenvalue weighted by atomic mass is 80.0. The highest BCUT2D eigenvalue weighted by Crippen LogP contribution is 2.71. The molecule has 0 aromatic carbocycles. The van der Waals surface area contributed by atoms with Crippen molar-refractivity contribution >= 4 is 175 Å². The summed E-state index contributed by atoms with van der Waals surface area (Å²) in [5, 5.41) is 13.0. The molecule has 0 aromatic rings. The molecule has 0 N–H and O–H groups in total. The summed E-state index contributed by atoms with van der Waals surface area (Å²) in [6.45, 7) is 0. The summed E-state index contributed by atoms with van der Waals surface area (Å²) >= 11 is 36.6. The summed E-state index contributed by atoms with van der Waals surface area (Å²) in [6.07, 6.45) is 0. The first-order valence-corrected chi connectivity index (χ1v) is 12.0. The van der Waals surface area contributed by atoms with E-state index in [1.54, 1.807) is 0 Å². The number of hydrogen-bond donors (Lipinski definition) is 0. The molecule has 0 bridgehead atoms. The van der Waals surface area contributed by atoms with Crippen molar-refractivity contribution in [3.05, 3.63) is 0 Å². The second kappa shape index (κ2) is 7.01. The van der Waals surface area contributed by atoms with Crippen LogP contribution in [0, 0.1) is 0 Å². The van der Waals surface area contributed by atoms with Crippen molar-refractivity contribution in [2.24, 2.45) is 0 Å². The van der Waals surface area contributed by atoms with Crippen LogP contribution in [0.15, 0.2) is 0 Å². The van der Waals surface area contributed by atoms with Crippen molar-refractivity contribution in [3.63, 3.8) is 0 Å². The predicted molar refractivity (Wildman–Crippen MR) is 113 cm³/mol. The van der Waals surface area contributed by atoms with Gasteiger partial charge in [-0.15, -0.1) is 0 Å². The summed E-state index contributed by atoms with van der Waals surface area (Å²) in [5.41, 5.74) is 0. The normalized spacial score (nSPS) is 19.1. The maximum Gasteiger partial charge on any atom is 0.213 e. The van der Waals surface area contributed by atoms with E-state index in [9.17, 15) is 5.11 Å². The highest BCUT2D eigenvalue weighted by Gasteiger charge is 2.73. The largest absolute Gasteiger partial charge is 0.213 e. The fourth-order valence-corrected chi connectivity index (χ4v) is 10.8. The summed E-state index contributed by atoms with van der Waals surface area (Å²) in [4.78, 5) is 0.